The summed E-state index contributed by atoms with van der Waals surface area (Å²) >= 11 is 0. The minimum Gasteiger partial charge on any atom is -0.327 e. The maximum atomic E-state index is 14.1. The van der Waals surface area contributed by atoms with E-state index in [2.05, 4.69) is 42.1 Å². The third kappa shape index (κ3) is 3.14. The lowest BCUT2D eigenvalue weighted by Crippen LogP contribution is -2.39. The van der Waals surface area contributed by atoms with E-state index >= 15 is 0 Å². The van der Waals surface area contributed by atoms with Gasteiger partial charge in [0.25, 0.3) is 0 Å². The van der Waals surface area contributed by atoms with Gasteiger partial charge in [0.2, 0.25) is 0 Å². The van der Waals surface area contributed by atoms with Gasteiger partial charge in [0.1, 0.15) is 11.3 Å². The van der Waals surface area contributed by atoms with Gasteiger partial charge in [0, 0.05) is 18.6 Å². The summed E-state index contributed by atoms with van der Waals surface area (Å²) in [6.07, 6.45) is 3.74. The zero-order valence-electron chi connectivity index (χ0n) is 14.7. The molecule has 2 unspecified atom stereocenters. The summed E-state index contributed by atoms with van der Waals surface area (Å²) in [6.45, 7) is 10.6. The average molecular weight is 317 g/mol. The number of hydrogen-bond acceptors (Lipinski definition) is 2. The number of benzene rings is 1. The highest BCUT2D eigenvalue weighted by Crippen LogP contribution is 2.33. The fourth-order valence-electron chi connectivity index (χ4n) is 3.48. The van der Waals surface area contributed by atoms with Gasteiger partial charge in [-0.05, 0) is 44.7 Å². The van der Waals surface area contributed by atoms with Gasteiger partial charge >= 0.3 is 0 Å². The third-order valence-electron chi connectivity index (χ3n) is 5.46. The lowest BCUT2D eigenvalue weighted by Gasteiger charge is -2.32. The number of halogens is 1. The molecule has 0 amide bonds. The van der Waals surface area contributed by atoms with Gasteiger partial charge in [-0.1, -0.05) is 26.3 Å². The van der Waals surface area contributed by atoms with E-state index in [0.29, 0.717) is 23.5 Å². The number of imidazole rings is 1. The molecule has 1 aliphatic rings. The maximum absolute atomic E-state index is 14.1. The second kappa shape index (κ2) is 6.60. The van der Waals surface area contributed by atoms with E-state index in [-0.39, 0.29) is 5.82 Å². The Balaban J connectivity index is 1.94. The Morgan fingerprint density at radius 1 is 1.30 bits per heavy atom. The van der Waals surface area contributed by atoms with Crippen LogP contribution in [0.15, 0.2) is 18.2 Å². The molecule has 1 heterocycles. The summed E-state index contributed by atoms with van der Waals surface area (Å²) in [6, 6.07) is 6.45. The molecule has 1 aliphatic carbocycles. The quantitative estimate of drug-likeness (QED) is 0.744. The largest absolute Gasteiger partial charge is 0.327 e. The van der Waals surface area contributed by atoms with Crippen molar-refractivity contribution in [2.24, 2.45) is 5.92 Å². The minimum absolute atomic E-state index is 0.219. The first-order valence-electron chi connectivity index (χ1n) is 8.96. The molecule has 1 saturated carbocycles. The molecule has 1 fully saturated rings. The van der Waals surface area contributed by atoms with E-state index in [1.54, 1.807) is 6.07 Å². The van der Waals surface area contributed by atoms with Crippen LogP contribution in [-0.2, 0) is 13.1 Å². The van der Waals surface area contributed by atoms with Crippen molar-refractivity contribution in [3.05, 3.63) is 29.8 Å². The van der Waals surface area contributed by atoms with Crippen LogP contribution < -0.4 is 0 Å². The highest BCUT2D eigenvalue weighted by Gasteiger charge is 2.34. The van der Waals surface area contributed by atoms with Crippen LogP contribution in [0.3, 0.4) is 0 Å². The molecule has 1 aromatic heterocycles. The van der Waals surface area contributed by atoms with E-state index in [1.165, 1.54) is 25.3 Å². The first-order chi connectivity index (χ1) is 11.1. The molecule has 0 aliphatic heterocycles. The Morgan fingerprint density at radius 2 is 2.04 bits per heavy atom. The minimum atomic E-state index is -0.219. The lowest BCUT2D eigenvalue weighted by molar-refractivity contribution is 0.136. The predicted molar refractivity (Wildman–Crippen MR) is 92.8 cm³/mol. The van der Waals surface area contributed by atoms with E-state index < -0.39 is 0 Å². The van der Waals surface area contributed by atoms with Crippen molar-refractivity contribution in [1.82, 2.24) is 14.5 Å². The lowest BCUT2D eigenvalue weighted by atomic mass is 9.99. The van der Waals surface area contributed by atoms with Crippen molar-refractivity contribution in [1.29, 1.82) is 0 Å². The van der Waals surface area contributed by atoms with Crippen molar-refractivity contribution in [3.63, 3.8) is 0 Å². The Kier molecular flexibility index (Phi) is 4.72. The molecule has 0 bridgehead atoms. The molecule has 0 radical (unpaired) electrons. The number of aromatic nitrogens is 2. The molecule has 23 heavy (non-hydrogen) atoms. The van der Waals surface area contributed by atoms with Crippen molar-refractivity contribution in [2.75, 3.05) is 0 Å². The highest BCUT2D eigenvalue weighted by molar-refractivity contribution is 5.76. The molecule has 2 atom stereocenters. The van der Waals surface area contributed by atoms with Crippen molar-refractivity contribution in [2.45, 2.75) is 72.1 Å². The first kappa shape index (κ1) is 16.4. The van der Waals surface area contributed by atoms with Gasteiger partial charge in [-0.25, -0.2) is 9.37 Å². The molecule has 3 nitrogen and oxygen atoms in total. The van der Waals surface area contributed by atoms with Crippen LogP contribution >= 0.6 is 0 Å². The molecular formula is C19H28FN3. The van der Waals surface area contributed by atoms with Crippen LogP contribution in [0.4, 0.5) is 4.39 Å². The molecule has 3 rings (SSSR count). The second-order valence-corrected chi connectivity index (χ2v) is 6.91. The number of fused-ring (bicyclic) bond motifs is 1. The zero-order valence-corrected chi connectivity index (χ0v) is 14.7. The fraction of sp³-hybridized carbons (Fsp3) is 0.632. The molecule has 1 aromatic carbocycles. The van der Waals surface area contributed by atoms with Crippen LogP contribution in [0.2, 0.25) is 0 Å². The van der Waals surface area contributed by atoms with Gasteiger partial charge < -0.3 is 4.57 Å². The van der Waals surface area contributed by atoms with E-state index in [9.17, 15) is 4.39 Å². The monoisotopic (exact) mass is 317 g/mol. The summed E-state index contributed by atoms with van der Waals surface area (Å²) in [4.78, 5) is 7.23. The topological polar surface area (TPSA) is 21.1 Å². The SMILES string of the molecule is CCC(C)C(C)N(Cc1nc2c(F)cccc2n1CC)C1CC1. The summed E-state index contributed by atoms with van der Waals surface area (Å²) < 4.78 is 16.2. The van der Waals surface area contributed by atoms with Crippen LogP contribution in [-0.4, -0.2) is 26.5 Å². The van der Waals surface area contributed by atoms with Crippen molar-refractivity contribution < 1.29 is 4.39 Å². The number of nitrogens with zero attached hydrogens (tertiary/aromatic N) is 3. The van der Waals surface area contributed by atoms with Gasteiger partial charge in [0.15, 0.2) is 5.82 Å². The molecule has 0 saturated heterocycles. The van der Waals surface area contributed by atoms with Crippen molar-refractivity contribution >= 4 is 11.0 Å². The normalized spacial score (nSPS) is 17.8. The van der Waals surface area contributed by atoms with Gasteiger partial charge in [0.05, 0.1) is 12.1 Å². The van der Waals surface area contributed by atoms with Gasteiger partial charge in [-0.2, -0.15) is 0 Å². The summed E-state index contributed by atoms with van der Waals surface area (Å²) in [5.74, 6) is 1.44. The van der Waals surface area contributed by atoms with Crippen molar-refractivity contribution in [3.8, 4) is 0 Å². The number of para-hydroxylation sites is 1. The summed E-state index contributed by atoms with van der Waals surface area (Å²) in [5.41, 5.74) is 1.42. The molecule has 0 N–H and O–H groups in total. The first-order valence-corrected chi connectivity index (χ1v) is 8.96. The molecule has 0 spiro atoms. The summed E-state index contributed by atoms with van der Waals surface area (Å²) in [7, 11) is 0. The van der Waals surface area contributed by atoms with E-state index in [0.717, 1.165) is 24.4 Å². The Hall–Kier alpha value is -1.42. The summed E-state index contributed by atoms with van der Waals surface area (Å²) in [5, 5.41) is 0. The van der Waals surface area contributed by atoms with E-state index in [1.807, 2.05) is 6.07 Å². The zero-order chi connectivity index (χ0) is 16.6. The number of hydrogen-bond donors (Lipinski definition) is 0. The molecule has 126 valence electrons. The fourth-order valence-corrected chi connectivity index (χ4v) is 3.48. The Morgan fingerprint density at radius 3 is 2.65 bits per heavy atom. The van der Waals surface area contributed by atoms with Crippen LogP contribution in [0.25, 0.3) is 11.0 Å². The van der Waals surface area contributed by atoms with Gasteiger partial charge in [-0.15, -0.1) is 0 Å². The second-order valence-electron chi connectivity index (χ2n) is 6.91. The third-order valence-corrected chi connectivity index (χ3v) is 5.46. The van der Waals surface area contributed by atoms with E-state index in [4.69, 9.17) is 0 Å². The standard InChI is InChI=1S/C19H28FN3/c1-5-13(3)14(4)23(15-10-11-15)12-18-21-19-16(20)8-7-9-17(19)22(18)6-2/h7-9,13-15H,5-6,10-12H2,1-4H3. The van der Waals surface area contributed by atoms with Crippen LogP contribution in [0.1, 0.15) is 52.8 Å². The Labute approximate surface area is 138 Å². The van der Waals surface area contributed by atoms with Crippen LogP contribution in [0, 0.1) is 11.7 Å². The molecular weight excluding hydrogens is 289 g/mol. The number of aryl methyl sites for hydroxylation is 1. The average Bonchev–Trinajstić information content (AvgIpc) is 3.33. The number of rotatable bonds is 7. The molecule has 4 heteroatoms. The molecule has 2 aromatic rings. The predicted octanol–water partition coefficient (Wildman–Crippen LogP) is 4.59. The maximum Gasteiger partial charge on any atom is 0.151 e. The van der Waals surface area contributed by atoms with Gasteiger partial charge in [-0.3, -0.25) is 4.90 Å². The van der Waals surface area contributed by atoms with Crippen LogP contribution in [0.5, 0.6) is 0 Å². The smallest absolute Gasteiger partial charge is 0.151 e. The Bertz CT molecular complexity index is 675. The highest BCUT2D eigenvalue weighted by atomic mass is 19.1.